The summed E-state index contributed by atoms with van der Waals surface area (Å²) in [4.78, 5) is 34.1. The highest BCUT2D eigenvalue weighted by atomic mass is 31.2. The molecule has 0 aliphatic rings. The summed E-state index contributed by atoms with van der Waals surface area (Å²) in [6.45, 7) is 3.58. The number of carbonyl (C=O) groups excluding carboxylic acids is 2. The minimum atomic E-state index is -4.42. The van der Waals surface area contributed by atoms with Crippen LogP contribution < -0.4 is 5.32 Å². The first-order chi connectivity index (χ1) is 31.3. The molecule has 0 bridgehead atoms. The van der Waals surface area contributed by atoms with Gasteiger partial charge in [-0.1, -0.05) is 244 Å². The number of ether oxygens (including phenoxy) is 1. The molecular formula is C54H104NO8P. The van der Waals surface area contributed by atoms with Crippen molar-refractivity contribution in [2.75, 3.05) is 26.4 Å². The molecule has 0 aromatic carbocycles. The molecule has 1 amide bonds. The van der Waals surface area contributed by atoms with Crippen molar-refractivity contribution in [3.8, 4) is 0 Å². The number of esters is 1. The molecule has 0 saturated heterocycles. The number of phosphoric acid groups is 1. The molecule has 0 aliphatic carbocycles. The maximum Gasteiger partial charge on any atom is 0.472 e. The Bertz CT molecular complexity index is 1100. The quantitative estimate of drug-likeness (QED) is 0.0238. The fraction of sp³-hybridized carbons (Fsp3) is 0.889. The van der Waals surface area contributed by atoms with E-state index in [2.05, 4.69) is 43.5 Å². The topological polar surface area (TPSA) is 131 Å². The van der Waals surface area contributed by atoms with Crippen molar-refractivity contribution in [2.24, 2.45) is 0 Å². The van der Waals surface area contributed by atoms with Gasteiger partial charge < -0.3 is 20.1 Å². The third-order valence-electron chi connectivity index (χ3n) is 12.1. The molecule has 0 aliphatic heterocycles. The number of carbonyl (C=O) groups is 2. The van der Waals surface area contributed by atoms with Crippen LogP contribution in [0.15, 0.2) is 24.3 Å². The van der Waals surface area contributed by atoms with E-state index in [1.54, 1.807) is 0 Å². The fourth-order valence-corrected chi connectivity index (χ4v) is 8.76. The zero-order valence-corrected chi connectivity index (χ0v) is 42.9. The molecule has 2 atom stereocenters. The van der Waals surface area contributed by atoms with E-state index in [1.165, 1.54) is 205 Å². The van der Waals surface area contributed by atoms with Gasteiger partial charge in [-0.15, -0.1) is 0 Å². The SMILES string of the molecule is CCCCC/C=C\C/C=C\CCCCCCCCCCCC(=O)NCCOP(=O)(O)OCC(O)COC(=O)CCCCCCCCCCCCCCCCCCCCCCCCCC. The summed E-state index contributed by atoms with van der Waals surface area (Å²) in [6, 6.07) is 0. The Morgan fingerprint density at radius 3 is 1.28 bits per heavy atom. The Morgan fingerprint density at radius 2 is 0.844 bits per heavy atom. The van der Waals surface area contributed by atoms with Gasteiger partial charge in [-0.3, -0.25) is 18.6 Å². The van der Waals surface area contributed by atoms with Crippen LogP contribution in [0.2, 0.25) is 0 Å². The summed E-state index contributed by atoms with van der Waals surface area (Å²) in [5.74, 6) is -0.508. The summed E-state index contributed by atoms with van der Waals surface area (Å²) in [5, 5.41) is 12.8. The molecule has 3 N–H and O–H groups in total. The van der Waals surface area contributed by atoms with E-state index >= 15 is 0 Å². The number of hydrogen-bond donors (Lipinski definition) is 3. The van der Waals surface area contributed by atoms with E-state index < -0.39 is 26.5 Å². The monoisotopic (exact) mass is 926 g/mol. The number of rotatable bonds is 52. The first kappa shape index (κ1) is 62.5. The Kier molecular flexibility index (Phi) is 49.7. The summed E-state index contributed by atoms with van der Waals surface area (Å²) in [6.07, 6.45) is 58.4. The molecular weight excluding hydrogens is 822 g/mol. The Morgan fingerprint density at radius 1 is 0.484 bits per heavy atom. The van der Waals surface area contributed by atoms with Gasteiger partial charge in [-0.05, 0) is 44.9 Å². The second-order valence-corrected chi connectivity index (χ2v) is 20.0. The summed E-state index contributed by atoms with van der Waals surface area (Å²) < 4.78 is 27.0. The third kappa shape index (κ3) is 51.5. The van der Waals surface area contributed by atoms with Crippen molar-refractivity contribution in [3.63, 3.8) is 0 Å². The van der Waals surface area contributed by atoms with E-state index in [4.69, 9.17) is 13.8 Å². The van der Waals surface area contributed by atoms with Crippen LogP contribution in [0.4, 0.5) is 0 Å². The second-order valence-electron chi connectivity index (χ2n) is 18.6. The van der Waals surface area contributed by atoms with Gasteiger partial charge >= 0.3 is 13.8 Å². The normalized spacial score (nSPS) is 13.2. The van der Waals surface area contributed by atoms with Crippen molar-refractivity contribution < 1.29 is 37.9 Å². The van der Waals surface area contributed by atoms with E-state index in [0.717, 1.165) is 44.9 Å². The number of unbranched alkanes of at least 4 members (excludes halogenated alkanes) is 35. The molecule has 0 saturated carbocycles. The summed E-state index contributed by atoms with van der Waals surface area (Å²) in [7, 11) is -4.42. The minimum absolute atomic E-state index is 0.0818. The number of hydrogen-bond acceptors (Lipinski definition) is 7. The molecule has 378 valence electrons. The van der Waals surface area contributed by atoms with E-state index in [-0.39, 0.29) is 32.1 Å². The number of amides is 1. The van der Waals surface area contributed by atoms with E-state index in [1.807, 2.05) is 0 Å². The number of aliphatic hydroxyl groups is 1. The van der Waals surface area contributed by atoms with Gasteiger partial charge in [0.1, 0.15) is 12.7 Å². The van der Waals surface area contributed by atoms with Crippen LogP contribution in [0, 0.1) is 0 Å². The lowest BCUT2D eigenvalue weighted by molar-refractivity contribution is -0.147. The predicted molar refractivity (Wildman–Crippen MR) is 271 cm³/mol. The Labute approximate surface area is 395 Å². The van der Waals surface area contributed by atoms with Crippen molar-refractivity contribution in [2.45, 2.75) is 283 Å². The molecule has 0 aromatic rings. The molecule has 10 heteroatoms. The minimum Gasteiger partial charge on any atom is -0.463 e. The van der Waals surface area contributed by atoms with Gasteiger partial charge in [-0.25, -0.2) is 4.57 Å². The van der Waals surface area contributed by atoms with Crippen LogP contribution in [0.5, 0.6) is 0 Å². The Hall–Kier alpha value is -1.51. The molecule has 9 nitrogen and oxygen atoms in total. The van der Waals surface area contributed by atoms with Crippen molar-refractivity contribution in [1.29, 1.82) is 0 Å². The molecule has 0 spiro atoms. The van der Waals surface area contributed by atoms with Gasteiger partial charge in [0.15, 0.2) is 0 Å². The van der Waals surface area contributed by atoms with Crippen molar-refractivity contribution >= 4 is 19.7 Å². The highest BCUT2D eigenvalue weighted by Crippen LogP contribution is 2.42. The zero-order chi connectivity index (χ0) is 46.7. The number of allylic oxidation sites excluding steroid dienone is 4. The van der Waals surface area contributed by atoms with Gasteiger partial charge in [0, 0.05) is 19.4 Å². The lowest BCUT2D eigenvalue weighted by Gasteiger charge is -2.15. The van der Waals surface area contributed by atoms with Crippen LogP contribution in [-0.4, -0.2) is 54.3 Å². The van der Waals surface area contributed by atoms with Crippen LogP contribution in [0.1, 0.15) is 277 Å². The maximum absolute atomic E-state index is 12.2. The van der Waals surface area contributed by atoms with Crippen LogP contribution in [0.3, 0.4) is 0 Å². The first-order valence-electron chi connectivity index (χ1n) is 27.3. The van der Waals surface area contributed by atoms with E-state index in [0.29, 0.717) is 6.42 Å². The highest BCUT2D eigenvalue weighted by Gasteiger charge is 2.23. The lowest BCUT2D eigenvalue weighted by atomic mass is 10.0. The lowest BCUT2D eigenvalue weighted by Crippen LogP contribution is -2.27. The molecule has 0 radical (unpaired) electrons. The van der Waals surface area contributed by atoms with Crippen LogP contribution >= 0.6 is 7.82 Å². The largest absolute Gasteiger partial charge is 0.472 e. The second kappa shape index (κ2) is 50.9. The average molecular weight is 926 g/mol. The molecule has 0 heterocycles. The molecule has 0 aromatic heterocycles. The van der Waals surface area contributed by atoms with Gasteiger partial charge in [-0.2, -0.15) is 0 Å². The summed E-state index contributed by atoms with van der Waals surface area (Å²) in [5.41, 5.74) is 0. The molecule has 64 heavy (non-hydrogen) atoms. The third-order valence-corrected chi connectivity index (χ3v) is 13.1. The van der Waals surface area contributed by atoms with Gasteiger partial charge in [0.2, 0.25) is 5.91 Å². The predicted octanol–water partition coefficient (Wildman–Crippen LogP) is 16.3. The smallest absolute Gasteiger partial charge is 0.463 e. The maximum atomic E-state index is 12.2. The first-order valence-corrected chi connectivity index (χ1v) is 28.8. The molecule has 0 rings (SSSR count). The standard InChI is InChI=1S/C54H104NO8P/c1-3-5-7-9-11-13-15-17-19-21-23-24-25-26-27-29-31-33-35-37-39-41-43-45-47-54(58)61-50-52(56)51-63-64(59,60)62-49-48-55-53(57)46-44-42-40-38-36-34-32-30-28-22-20-18-16-14-12-10-8-6-4-2/h12,14,18,20,52,56H,3-11,13,15-17,19,21-51H2,1-2H3,(H,55,57)(H,59,60)/b14-12-,20-18-. The molecule has 0 fully saturated rings. The van der Waals surface area contributed by atoms with Gasteiger partial charge in [0.25, 0.3) is 0 Å². The van der Waals surface area contributed by atoms with Crippen molar-refractivity contribution in [3.05, 3.63) is 24.3 Å². The molecule has 2 unspecified atom stereocenters. The summed E-state index contributed by atoms with van der Waals surface area (Å²) >= 11 is 0. The number of phosphoric ester groups is 1. The number of aliphatic hydroxyl groups excluding tert-OH is 1. The van der Waals surface area contributed by atoms with Crippen LogP contribution in [-0.2, 0) is 27.9 Å². The van der Waals surface area contributed by atoms with Crippen LogP contribution in [0.25, 0.3) is 0 Å². The highest BCUT2D eigenvalue weighted by molar-refractivity contribution is 7.47. The average Bonchev–Trinajstić information content (AvgIpc) is 3.28. The van der Waals surface area contributed by atoms with E-state index in [9.17, 15) is 24.2 Å². The van der Waals surface area contributed by atoms with Gasteiger partial charge in [0.05, 0.1) is 13.2 Å². The van der Waals surface area contributed by atoms with Crippen molar-refractivity contribution in [1.82, 2.24) is 5.32 Å². The Balaban J connectivity index is 3.50. The zero-order valence-electron chi connectivity index (χ0n) is 42.0. The number of nitrogens with one attached hydrogen (secondary N) is 1. The fourth-order valence-electron chi connectivity index (χ4n) is 8.00.